The zero-order valence-corrected chi connectivity index (χ0v) is 14.5. The fourth-order valence-electron chi connectivity index (χ4n) is 1.37. The zero-order valence-electron chi connectivity index (χ0n) is 12.0. The summed E-state index contributed by atoms with van der Waals surface area (Å²) in [5.41, 5.74) is 1.00. The lowest BCUT2D eigenvalue weighted by Gasteiger charge is -2.06. The molecule has 0 spiro atoms. The minimum Gasteiger partial charge on any atom is -0.383 e. The number of halogens is 2. The van der Waals surface area contributed by atoms with Gasteiger partial charge in [-0.25, -0.2) is 0 Å². The summed E-state index contributed by atoms with van der Waals surface area (Å²) in [6, 6.07) is 5.80. The van der Waals surface area contributed by atoms with Crippen molar-refractivity contribution >= 4 is 42.5 Å². The molecular formula is C13H23Cl2N3O2S. The molecule has 1 heterocycles. The third-order valence-electron chi connectivity index (χ3n) is 2.32. The van der Waals surface area contributed by atoms with Crippen molar-refractivity contribution in [1.29, 1.82) is 0 Å². The van der Waals surface area contributed by atoms with Gasteiger partial charge in [0.25, 0.3) is 0 Å². The van der Waals surface area contributed by atoms with Crippen LogP contribution in [0.25, 0.3) is 0 Å². The van der Waals surface area contributed by atoms with Crippen LogP contribution in [0, 0.1) is 0 Å². The van der Waals surface area contributed by atoms with E-state index >= 15 is 0 Å². The maximum atomic E-state index is 11.5. The Labute approximate surface area is 142 Å². The number of amides is 1. The number of aromatic nitrogens is 1. The van der Waals surface area contributed by atoms with E-state index in [1.165, 1.54) is 0 Å². The third kappa shape index (κ3) is 12.9. The standard InChI is InChI=1S/C13H21N3O2S.2ClH/c1-18-9-8-14-6-7-16-13(17)11-19-10-12-4-2-3-5-15-12;;/h2-5,14H,6-11H2,1H3,(H,16,17);2*1H. The van der Waals surface area contributed by atoms with Gasteiger partial charge in [0.1, 0.15) is 0 Å². The molecule has 1 aromatic rings. The summed E-state index contributed by atoms with van der Waals surface area (Å²) in [5.74, 6) is 1.30. The quantitative estimate of drug-likeness (QED) is 0.623. The Bertz CT molecular complexity index is 359. The zero-order chi connectivity index (χ0) is 13.8. The van der Waals surface area contributed by atoms with Crippen molar-refractivity contribution in [3.05, 3.63) is 30.1 Å². The molecule has 0 bridgehead atoms. The van der Waals surface area contributed by atoms with Crippen LogP contribution in [0.1, 0.15) is 5.69 Å². The normalized spacial score (nSPS) is 9.38. The van der Waals surface area contributed by atoms with Crippen molar-refractivity contribution in [2.45, 2.75) is 5.75 Å². The van der Waals surface area contributed by atoms with Crippen LogP contribution in [0.5, 0.6) is 0 Å². The minimum absolute atomic E-state index is 0. The highest BCUT2D eigenvalue weighted by Crippen LogP contribution is 2.08. The van der Waals surface area contributed by atoms with E-state index in [1.54, 1.807) is 25.1 Å². The van der Waals surface area contributed by atoms with Gasteiger partial charge < -0.3 is 15.4 Å². The number of carbonyl (C=O) groups excluding carboxylic acids is 1. The number of ether oxygens (including phenoxy) is 1. The lowest BCUT2D eigenvalue weighted by Crippen LogP contribution is -2.33. The van der Waals surface area contributed by atoms with Crippen LogP contribution < -0.4 is 10.6 Å². The maximum absolute atomic E-state index is 11.5. The van der Waals surface area contributed by atoms with Gasteiger partial charge in [0.15, 0.2) is 0 Å². The molecule has 0 unspecified atom stereocenters. The Balaban J connectivity index is 0. The Morgan fingerprint density at radius 1 is 1.29 bits per heavy atom. The molecule has 5 nitrogen and oxygen atoms in total. The van der Waals surface area contributed by atoms with Crippen molar-refractivity contribution in [1.82, 2.24) is 15.6 Å². The molecule has 21 heavy (non-hydrogen) atoms. The number of rotatable bonds is 10. The summed E-state index contributed by atoms with van der Waals surface area (Å²) < 4.78 is 4.91. The molecule has 0 aliphatic heterocycles. The van der Waals surface area contributed by atoms with Crippen molar-refractivity contribution < 1.29 is 9.53 Å². The maximum Gasteiger partial charge on any atom is 0.230 e. The van der Waals surface area contributed by atoms with E-state index < -0.39 is 0 Å². The number of pyridine rings is 1. The van der Waals surface area contributed by atoms with E-state index in [2.05, 4.69) is 15.6 Å². The molecule has 2 N–H and O–H groups in total. The smallest absolute Gasteiger partial charge is 0.230 e. The van der Waals surface area contributed by atoms with E-state index in [-0.39, 0.29) is 30.7 Å². The average molecular weight is 356 g/mol. The van der Waals surface area contributed by atoms with Gasteiger partial charge in [-0.1, -0.05) is 6.07 Å². The third-order valence-corrected chi connectivity index (χ3v) is 3.28. The molecule has 0 aliphatic rings. The number of hydrogen-bond acceptors (Lipinski definition) is 5. The first-order valence-electron chi connectivity index (χ1n) is 6.27. The highest BCUT2D eigenvalue weighted by Gasteiger charge is 2.01. The van der Waals surface area contributed by atoms with Crippen LogP contribution in [0.2, 0.25) is 0 Å². The molecule has 1 amide bonds. The second-order valence-corrected chi connectivity index (χ2v) is 4.89. The Hall–Kier alpha value is -0.530. The molecule has 0 saturated heterocycles. The fraction of sp³-hybridized carbons (Fsp3) is 0.538. The van der Waals surface area contributed by atoms with Gasteiger partial charge in [0.2, 0.25) is 5.91 Å². The molecule has 1 aromatic heterocycles. The van der Waals surface area contributed by atoms with Gasteiger partial charge in [0.05, 0.1) is 18.1 Å². The van der Waals surface area contributed by atoms with Crippen LogP contribution in [-0.4, -0.2) is 50.0 Å². The molecule has 0 atom stereocenters. The number of carbonyl (C=O) groups is 1. The second kappa shape index (κ2) is 15.9. The predicted octanol–water partition coefficient (Wildman–Crippen LogP) is 1.51. The highest BCUT2D eigenvalue weighted by atomic mass is 35.5. The number of thioether (sulfide) groups is 1. The first-order chi connectivity index (χ1) is 9.33. The summed E-state index contributed by atoms with van der Waals surface area (Å²) >= 11 is 1.57. The molecule has 8 heteroatoms. The van der Waals surface area contributed by atoms with E-state index in [9.17, 15) is 4.79 Å². The average Bonchev–Trinajstić information content (AvgIpc) is 2.44. The van der Waals surface area contributed by atoms with Gasteiger partial charge in [-0.15, -0.1) is 36.6 Å². The molecule has 0 radical (unpaired) electrons. The molecule has 0 aromatic carbocycles. The summed E-state index contributed by atoms with van der Waals surface area (Å²) in [6.07, 6.45) is 1.77. The van der Waals surface area contributed by atoms with Crippen LogP contribution in [0.4, 0.5) is 0 Å². The summed E-state index contributed by atoms with van der Waals surface area (Å²) in [6.45, 7) is 2.90. The second-order valence-electron chi connectivity index (χ2n) is 3.91. The van der Waals surface area contributed by atoms with Gasteiger partial charge >= 0.3 is 0 Å². The van der Waals surface area contributed by atoms with Gasteiger partial charge in [-0.2, -0.15) is 0 Å². The minimum atomic E-state index is 0. The molecule has 0 saturated carbocycles. The summed E-state index contributed by atoms with van der Waals surface area (Å²) in [7, 11) is 1.67. The molecule has 1 rings (SSSR count). The lowest BCUT2D eigenvalue weighted by molar-refractivity contribution is -0.118. The number of nitrogens with zero attached hydrogens (tertiary/aromatic N) is 1. The number of methoxy groups -OCH3 is 1. The largest absolute Gasteiger partial charge is 0.383 e. The first kappa shape index (κ1) is 22.7. The summed E-state index contributed by atoms with van der Waals surface area (Å²) in [4.78, 5) is 15.7. The molecular weight excluding hydrogens is 333 g/mol. The van der Waals surface area contributed by atoms with Crippen molar-refractivity contribution in [2.24, 2.45) is 0 Å². The van der Waals surface area contributed by atoms with E-state index in [0.717, 1.165) is 24.5 Å². The first-order valence-corrected chi connectivity index (χ1v) is 7.42. The van der Waals surface area contributed by atoms with Crippen LogP contribution in [-0.2, 0) is 15.3 Å². The Morgan fingerprint density at radius 3 is 2.76 bits per heavy atom. The van der Waals surface area contributed by atoms with Gasteiger partial charge in [0, 0.05) is 38.7 Å². The highest BCUT2D eigenvalue weighted by molar-refractivity contribution is 7.99. The molecule has 0 aliphatic carbocycles. The Morgan fingerprint density at radius 2 is 2.10 bits per heavy atom. The van der Waals surface area contributed by atoms with Crippen LogP contribution >= 0.6 is 36.6 Å². The number of nitrogens with one attached hydrogen (secondary N) is 2. The van der Waals surface area contributed by atoms with Gasteiger partial charge in [-0.3, -0.25) is 9.78 Å². The van der Waals surface area contributed by atoms with Crippen molar-refractivity contribution in [3.8, 4) is 0 Å². The van der Waals surface area contributed by atoms with E-state index in [4.69, 9.17) is 4.74 Å². The monoisotopic (exact) mass is 355 g/mol. The van der Waals surface area contributed by atoms with E-state index in [0.29, 0.717) is 18.9 Å². The van der Waals surface area contributed by atoms with Crippen LogP contribution in [0.3, 0.4) is 0 Å². The lowest BCUT2D eigenvalue weighted by atomic mass is 10.4. The Kier molecular flexibility index (Phi) is 17.2. The van der Waals surface area contributed by atoms with Gasteiger partial charge in [-0.05, 0) is 12.1 Å². The predicted molar refractivity (Wildman–Crippen MR) is 92.7 cm³/mol. The fourth-order valence-corrected chi connectivity index (χ4v) is 2.14. The van der Waals surface area contributed by atoms with Crippen LogP contribution in [0.15, 0.2) is 24.4 Å². The van der Waals surface area contributed by atoms with E-state index in [1.807, 2.05) is 18.2 Å². The van der Waals surface area contributed by atoms with Crippen molar-refractivity contribution in [2.75, 3.05) is 39.1 Å². The molecule has 122 valence electrons. The van der Waals surface area contributed by atoms with Crippen molar-refractivity contribution in [3.63, 3.8) is 0 Å². The topological polar surface area (TPSA) is 63.2 Å². The number of hydrogen-bond donors (Lipinski definition) is 2. The molecule has 0 fully saturated rings. The summed E-state index contributed by atoms with van der Waals surface area (Å²) in [5, 5.41) is 6.03. The SMILES string of the molecule is COCCNCCNC(=O)CSCc1ccccn1.Cl.Cl.